The molecule has 2 fully saturated rings. The molecule has 104 valence electrons. The first-order valence-corrected chi connectivity index (χ1v) is 7.72. The maximum atomic E-state index is 3.50. The Balaban J connectivity index is 1.67. The van der Waals surface area contributed by atoms with Crippen molar-refractivity contribution in [1.29, 1.82) is 0 Å². The molecule has 1 aromatic carbocycles. The summed E-state index contributed by atoms with van der Waals surface area (Å²) in [4.78, 5) is 2.58. The van der Waals surface area contributed by atoms with Crippen molar-refractivity contribution in [2.75, 3.05) is 31.1 Å². The molecule has 2 saturated heterocycles. The molecule has 1 spiro atoms. The highest BCUT2D eigenvalue weighted by molar-refractivity contribution is 5.51. The van der Waals surface area contributed by atoms with E-state index in [-0.39, 0.29) is 0 Å². The molecule has 0 bridgehead atoms. The molecule has 2 heteroatoms. The van der Waals surface area contributed by atoms with Gasteiger partial charge in [-0.3, -0.25) is 0 Å². The highest BCUT2D eigenvalue weighted by Crippen LogP contribution is 2.40. The van der Waals surface area contributed by atoms with Crippen LogP contribution in [0.3, 0.4) is 0 Å². The zero-order chi connectivity index (χ0) is 13.3. The van der Waals surface area contributed by atoms with E-state index in [0.717, 1.165) is 0 Å². The van der Waals surface area contributed by atoms with Crippen LogP contribution in [0.1, 0.15) is 36.8 Å². The predicted molar refractivity (Wildman–Crippen MR) is 81.9 cm³/mol. The SMILES string of the molecule is Cc1ccc(N2CCC3(CCNCC3)CC2)cc1C. The molecule has 2 aliphatic rings. The van der Waals surface area contributed by atoms with Crippen LogP contribution in [0.15, 0.2) is 18.2 Å². The number of hydrogen-bond donors (Lipinski definition) is 1. The predicted octanol–water partition coefficient (Wildman–Crippen LogP) is 3.27. The van der Waals surface area contributed by atoms with E-state index in [4.69, 9.17) is 0 Å². The van der Waals surface area contributed by atoms with Crippen molar-refractivity contribution in [3.8, 4) is 0 Å². The van der Waals surface area contributed by atoms with Crippen LogP contribution >= 0.6 is 0 Å². The number of anilines is 1. The monoisotopic (exact) mass is 258 g/mol. The topological polar surface area (TPSA) is 15.3 Å². The summed E-state index contributed by atoms with van der Waals surface area (Å²) in [6.07, 6.45) is 5.52. The van der Waals surface area contributed by atoms with Crippen LogP contribution in [0.2, 0.25) is 0 Å². The first-order chi connectivity index (χ1) is 9.19. The summed E-state index contributed by atoms with van der Waals surface area (Å²) < 4.78 is 0. The Morgan fingerprint density at radius 3 is 2.26 bits per heavy atom. The summed E-state index contributed by atoms with van der Waals surface area (Å²) in [5.74, 6) is 0. The van der Waals surface area contributed by atoms with Crippen LogP contribution in [0.25, 0.3) is 0 Å². The molecule has 1 aromatic rings. The molecular formula is C17H26N2. The van der Waals surface area contributed by atoms with Crippen LogP contribution in [0, 0.1) is 19.3 Å². The second-order valence-electron chi connectivity index (χ2n) is 6.51. The number of nitrogens with one attached hydrogen (secondary N) is 1. The average Bonchev–Trinajstić information content (AvgIpc) is 2.44. The molecule has 0 unspecified atom stereocenters. The van der Waals surface area contributed by atoms with Gasteiger partial charge in [-0.15, -0.1) is 0 Å². The van der Waals surface area contributed by atoms with Gasteiger partial charge in [-0.2, -0.15) is 0 Å². The quantitative estimate of drug-likeness (QED) is 0.831. The molecule has 3 rings (SSSR count). The zero-order valence-electron chi connectivity index (χ0n) is 12.3. The van der Waals surface area contributed by atoms with E-state index < -0.39 is 0 Å². The Hall–Kier alpha value is -1.02. The zero-order valence-corrected chi connectivity index (χ0v) is 12.3. The van der Waals surface area contributed by atoms with Crippen molar-refractivity contribution in [1.82, 2.24) is 5.32 Å². The standard InChI is InChI=1S/C17H26N2/c1-14-3-4-16(13-15(14)2)19-11-7-17(8-12-19)5-9-18-10-6-17/h3-4,13,18H,5-12H2,1-2H3. The summed E-state index contributed by atoms with van der Waals surface area (Å²) in [5.41, 5.74) is 4.89. The molecule has 0 saturated carbocycles. The molecule has 2 aliphatic heterocycles. The van der Waals surface area contributed by atoms with Crippen molar-refractivity contribution in [2.24, 2.45) is 5.41 Å². The lowest BCUT2D eigenvalue weighted by molar-refractivity contribution is 0.155. The van der Waals surface area contributed by atoms with Gasteiger partial charge < -0.3 is 10.2 Å². The maximum Gasteiger partial charge on any atom is 0.0369 e. The maximum absolute atomic E-state index is 3.50. The number of nitrogens with zero attached hydrogens (tertiary/aromatic N) is 1. The fraction of sp³-hybridized carbons (Fsp3) is 0.647. The minimum atomic E-state index is 0.654. The largest absolute Gasteiger partial charge is 0.371 e. The number of aryl methyl sites for hydroxylation is 2. The van der Waals surface area contributed by atoms with Crippen LogP contribution in [-0.4, -0.2) is 26.2 Å². The van der Waals surface area contributed by atoms with E-state index in [0.29, 0.717) is 5.41 Å². The number of benzene rings is 1. The van der Waals surface area contributed by atoms with Gasteiger partial charge in [-0.1, -0.05) is 6.07 Å². The van der Waals surface area contributed by atoms with Gasteiger partial charge in [-0.25, -0.2) is 0 Å². The van der Waals surface area contributed by atoms with Gasteiger partial charge >= 0.3 is 0 Å². The van der Waals surface area contributed by atoms with Crippen molar-refractivity contribution >= 4 is 5.69 Å². The lowest BCUT2D eigenvalue weighted by Crippen LogP contribution is -2.45. The van der Waals surface area contributed by atoms with E-state index in [9.17, 15) is 0 Å². The Bertz CT molecular complexity index is 437. The van der Waals surface area contributed by atoms with Crippen LogP contribution in [0.5, 0.6) is 0 Å². The molecule has 0 aromatic heterocycles. The van der Waals surface area contributed by atoms with Gasteiger partial charge in [0.1, 0.15) is 0 Å². The average molecular weight is 258 g/mol. The van der Waals surface area contributed by atoms with Crippen LogP contribution in [-0.2, 0) is 0 Å². The van der Waals surface area contributed by atoms with Crippen molar-refractivity contribution in [3.63, 3.8) is 0 Å². The number of piperidine rings is 2. The highest BCUT2D eigenvalue weighted by atomic mass is 15.1. The first kappa shape index (κ1) is 13.0. The van der Waals surface area contributed by atoms with E-state index in [1.165, 1.54) is 68.7 Å². The van der Waals surface area contributed by atoms with Gasteiger partial charge in [0.2, 0.25) is 0 Å². The van der Waals surface area contributed by atoms with Crippen molar-refractivity contribution < 1.29 is 0 Å². The molecule has 0 radical (unpaired) electrons. The molecule has 0 amide bonds. The lowest BCUT2D eigenvalue weighted by atomic mass is 9.71. The van der Waals surface area contributed by atoms with Crippen molar-refractivity contribution in [3.05, 3.63) is 29.3 Å². The normalized spacial score (nSPS) is 22.7. The molecular weight excluding hydrogens is 232 g/mol. The number of rotatable bonds is 1. The van der Waals surface area contributed by atoms with E-state index in [1.807, 2.05) is 0 Å². The molecule has 1 N–H and O–H groups in total. The Labute approximate surface area is 117 Å². The number of hydrogen-bond acceptors (Lipinski definition) is 2. The minimum Gasteiger partial charge on any atom is -0.371 e. The smallest absolute Gasteiger partial charge is 0.0369 e. The van der Waals surface area contributed by atoms with Gasteiger partial charge in [0.25, 0.3) is 0 Å². The second kappa shape index (κ2) is 5.16. The van der Waals surface area contributed by atoms with Crippen molar-refractivity contribution in [2.45, 2.75) is 39.5 Å². The minimum absolute atomic E-state index is 0.654. The van der Waals surface area contributed by atoms with E-state index in [1.54, 1.807) is 0 Å². The fourth-order valence-corrected chi connectivity index (χ4v) is 3.62. The third-order valence-electron chi connectivity index (χ3n) is 5.34. The second-order valence-corrected chi connectivity index (χ2v) is 6.51. The first-order valence-electron chi connectivity index (χ1n) is 7.72. The van der Waals surface area contributed by atoms with E-state index >= 15 is 0 Å². The third kappa shape index (κ3) is 2.64. The van der Waals surface area contributed by atoms with Gasteiger partial charge in [0.05, 0.1) is 0 Å². The summed E-state index contributed by atoms with van der Waals surface area (Å²) >= 11 is 0. The van der Waals surface area contributed by atoms with Gasteiger partial charge in [0, 0.05) is 18.8 Å². The van der Waals surface area contributed by atoms with E-state index in [2.05, 4.69) is 42.3 Å². The Kier molecular flexibility index (Phi) is 3.53. The van der Waals surface area contributed by atoms with Crippen LogP contribution < -0.4 is 10.2 Å². The lowest BCUT2D eigenvalue weighted by Gasteiger charge is -2.45. The molecule has 19 heavy (non-hydrogen) atoms. The fourth-order valence-electron chi connectivity index (χ4n) is 3.62. The molecule has 0 atom stereocenters. The highest BCUT2D eigenvalue weighted by Gasteiger charge is 2.35. The molecule has 2 heterocycles. The molecule has 0 aliphatic carbocycles. The summed E-state index contributed by atoms with van der Waals surface area (Å²) in [7, 11) is 0. The van der Waals surface area contributed by atoms with Crippen LogP contribution in [0.4, 0.5) is 5.69 Å². The Morgan fingerprint density at radius 2 is 1.63 bits per heavy atom. The van der Waals surface area contributed by atoms with Gasteiger partial charge in [-0.05, 0) is 81.3 Å². The van der Waals surface area contributed by atoms with Gasteiger partial charge in [0.15, 0.2) is 0 Å². The Morgan fingerprint density at radius 1 is 0.947 bits per heavy atom. The third-order valence-corrected chi connectivity index (χ3v) is 5.34. The summed E-state index contributed by atoms with van der Waals surface area (Å²) in [5, 5.41) is 3.50. The summed E-state index contributed by atoms with van der Waals surface area (Å²) in [6.45, 7) is 9.34. The molecule has 2 nitrogen and oxygen atoms in total. The summed E-state index contributed by atoms with van der Waals surface area (Å²) in [6, 6.07) is 6.91.